The van der Waals surface area contributed by atoms with Gasteiger partial charge in [-0.15, -0.1) is 0 Å². The number of amides is 1. The van der Waals surface area contributed by atoms with Gasteiger partial charge in [-0.1, -0.05) is 6.92 Å². The second kappa shape index (κ2) is 8.09. The average molecular weight is 366 g/mol. The van der Waals surface area contributed by atoms with Gasteiger partial charge in [0.2, 0.25) is 0 Å². The summed E-state index contributed by atoms with van der Waals surface area (Å²) >= 11 is 0. The first-order chi connectivity index (χ1) is 13.0. The predicted molar refractivity (Wildman–Crippen MR) is 102 cm³/mol. The summed E-state index contributed by atoms with van der Waals surface area (Å²) in [6.45, 7) is 2.17. The van der Waals surface area contributed by atoms with Crippen molar-refractivity contribution in [2.24, 2.45) is 7.05 Å². The Kier molecular flexibility index (Phi) is 5.61. The van der Waals surface area contributed by atoms with Crippen LogP contribution < -0.4 is 5.56 Å². The van der Waals surface area contributed by atoms with E-state index in [1.807, 2.05) is 19.1 Å². The lowest BCUT2D eigenvalue weighted by molar-refractivity contribution is 0.0564. The van der Waals surface area contributed by atoms with Crippen LogP contribution in [-0.4, -0.2) is 43.1 Å². The van der Waals surface area contributed by atoms with Crippen LogP contribution >= 0.6 is 0 Å². The fourth-order valence-electron chi connectivity index (χ4n) is 3.01. The molecule has 3 rings (SSSR count). The molecule has 0 fully saturated rings. The molecule has 1 N–H and O–H groups in total. The van der Waals surface area contributed by atoms with Crippen LogP contribution in [0.1, 0.15) is 29.3 Å². The van der Waals surface area contributed by atoms with Gasteiger partial charge in [-0.2, -0.15) is 0 Å². The Balaban J connectivity index is 1.99. The monoisotopic (exact) mass is 366 g/mol. The van der Waals surface area contributed by atoms with E-state index in [0.717, 1.165) is 5.56 Å². The Labute approximate surface area is 156 Å². The Morgan fingerprint density at radius 1 is 1.26 bits per heavy atom. The quantitative estimate of drug-likeness (QED) is 0.718. The Hall–Kier alpha value is -3.06. The molecule has 0 aliphatic rings. The number of aliphatic hydroxyl groups is 1. The molecular formula is C20H22N4O3. The summed E-state index contributed by atoms with van der Waals surface area (Å²) in [6.07, 6.45) is 5.41. The predicted octanol–water partition coefficient (Wildman–Crippen LogP) is 1.74. The molecule has 0 bridgehead atoms. The third kappa shape index (κ3) is 3.88. The molecule has 0 aliphatic carbocycles. The molecule has 2 aromatic heterocycles. The number of aryl methyl sites for hydroxylation is 1. The van der Waals surface area contributed by atoms with Crippen molar-refractivity contribution in [2.45, 2.75) is 25.9 Å². The van der Waals surface area contributed by atoms with Crippen molar-refractivity contribution in [1.29, 1.82) is 0 Å². The van der Waals surface area contributed by atoms with Gasteiger partial charge in [0.05, 0.1) is 29.9 Å². The van der Waals surface area contributed by atoms with Crippen molar-refractivity contribution in [3.63, 3.8) is 0 Å². The van der Waals surface area contributed by atoms with E-state index in [1.165, 1.54) is 10.9 Å². The molecule has 140 valence electrons. The number of aromatic nitrogens is 3. The van der Waals surface area contributed by atoms with E-state index in [-0.39, 0.29) is 24.1 Å². The summed E-state index contributed by atoms with van der Waals surface area (Å²) in [4.78, 5) is 35.3. The minimum Gasteiger partial charge on any atom is -0.394 e. The van der Waals surface area contributed by atoms with Crippen LogP contribution in [0.2, 0.25) is 0 Å². The summed E-state index contributed by atoms with van der Waals surface area (Å²) in [5.41, 5.74) is 1.68. The van der Waals surface area contributed by atoms with Crippen molar-refractivity contribution in [1.82, 2.24) is 19.4 Å². The number of carbonyl (C=O) groups is 1. The molecule has 1 unspecified atom stereocenters. The normalized spacial score (nSPS) is 12.1. The topological polar surface area (TPSA) is 88.3 Å². The maximum Gasteiger partial charge on any atom is 0.260 e. The molecule has 0 saturated heterocycles. The van der Waals surface area contributed by atoms with Crippen LogP contribution in [0.25, 0.3) is 10.9 Å². The van der Waals surface area contributed by atoms with Crippen molar-refractivity contribution in [3.05, 3.63) is 70.5 Å². The van der Waals surface area contributed by atoms with Crippen molar-refractivity contribution in [2.75, 3.05) is 6.61 Å². The minimum absolute atomic E-state index is 0.125. The summed E-state index contributed by atoms with van der Waals surface area (Å²) in [5.74, 6) is -0.211. The highest BCUT2D eigenvalue weighted by atomic mass is 16.3. The summed E-state index contributed by atoms with van der Waals surface area (Å²) in [5, 5.41) is 10.2. The number of carbonyl (C=O) groups excluding carboxylic acids is 1. The highest BCUT2D eigenvalue weighted by Crippen LogP contribution is 2.17. The molecule has 3 aromatic rings. The number of nitrogens with zero attached hydrogens (tertiary/aromatic N) is 4. The first-order valence-electron chi connectivity index (χ1n) is 8.81. The first kappa shape index (κ1) is 18.7. The molecule has 0 aliphatic heterocycles. The second-order valence-electron chi connectivity index (χ2n) is 6.43. The van der Waals surface area contributed by atoms with E-state index in [0.29, 0.717) is 29.4 Å². The smallest absolute Gasteiger partial charge is 0.260 e. The van der Waals surface area contributed by atoms with Crippen LogP contribution in [0, 0.1) is 0 Å². The van der Waals surface area contributed by atoms with Gasteiger partial charge in [-0.05, 0) is 42.3 Å². The largest absolute Gasteiger partial charge is 0.394 e. The number of rotatable bonds is 6. The lowest BCUT2D eigenvalue weighted by atomic mass is 10.1. The van der Waals surface area contributed by atoms with Gasteiger partial charge in [0.15, 0.2) is 0 Å². The van der Waals surface area contributed by atoms with Crippen LogP contribution in [-0.2, 0) is 13.6 Å². The number of pyridine rings is 1. The van der Waals surface area contributed by atoms with E-state index in [4.69, 9.17) is 0 Å². The second-order valence-corrected chi connectivity index (χ2v) is 6.43. The molecule has 0 saturated carbocycles. The van der Waals surface area contributed by atoms with E-state index in [9.17, 15) is 14.7 Å². The maximum atomic E-state index is 13.2. The van der Waals surface area contributed by atoms with Gasteiger partial charge in [-0.3, -0.25) is 14.6 Å². The number of hydrogen-bond donors (Lipinski definition) is 1. The van der Waals surface area contributed by atoms with Crippen molar-refractivity contribution in [3.8, 4) is 0 Å². The van der Waals surface area contributed by atoms with Crippen LogP contribution in [0.15, 0.2) is 53.8 Å². The van der Waals surface area contributed by atoms with Crippen molar-refractivity contribution < 1.29 is 9.90 Å². The van der Waals surface area contributed by atoms with E-state index >= 15 is 0 Å². The Morgan fingerprint density at radius 3 is 2.67 bits per heavy atom. The molecule has 1 amide bonds. The Bertz CT molecular complexity index is 997. The van der Waals surface area contributed by atoms with Gasteiger partial charge in [0.25, 0.3) is 11.5 Å². The average Bonchev–Trinajstić information content (AvgIpc) is 2.71. The van der Waals surface area contributed by atoms with E-state index in [2.05, 4.69) is 9.97 Å². The third-order valence-electron chi connectivity index (χ3n) is 4.65. The minimum atomic E-state index is -0.307. The zero-order valence-electron chi connectivity index (χ0n) is 15.4. The van der Waals surface area contributed by atoms with Gasteiger partial charge in [0.1, 0.15) is 0 Å². The van der Waals surface area contributed by atoms with Crippen LogP contribution in [0.5, 0.6) is 0 Å². The molecule has 0 radical (unpaired) electrons. The summed E-state index contributed by atoms with van der Waals surface area (Å²) in [7, 11) is 1.64. The SMILES string of the molecule is CCC(CO)N(Cc1ccncc1)C(=O)c1ccc2c(=O)n(C)cnc2c1. The van der Waals surface area contributed by atoms with E-state index < -0.39 is 0 Å². The van der Waals surface area contributed by atoms with Gasteiger partial charge < -0.3 is 14.6 Å². The fraction of sp³-hybridized carbons (Fsp3) is 0.300. The maximum absolute atomic E-state index is 13.2. The lowest BCUT2D eigenvalue weighted by Crippen LogP contribution is -2.41. The molecule has 27 heavy (non-hydrogen) atoms. The molecule has 1 atom stereocenters. The zero-order chi connectivity index (χ0) is 19.4. The molecule has 1 aromatic carbocycles. The molecular weight excluding hydrogens is 344 g/mol. The van der Waals surface area contributed by atoms with Crippen LogP contribution in [0.3, 0.4) is 0 Å². The zero-order valence-corrected chi connectivity index (χ0v) is 15.4. The number of benzene rings is 1. The molecule has 7 nitrogen and oxygen atoms in total. The fourth-order valence-corrected chi connectivity index (χ4v) is 3.01. The highest BCUT2D eigenvalue weighted by Gasteiger charge is 2.24. The molecule has 0 spiro atoms. The Morgan fingerprint density at radius 2 is 2.00 bits per heavy atom. The van der Waals surface area contributed by atoms with Crippen LogP contribution in [0.4, 0.5) is 0 Å². The summed E-state index contributed by atoms with van der Waals surface area (Å²) < 4.78 is 1.40. The lowest BCUT2D eigenvalue weighted by Gasteiger charge is -2.30. The summed E-state index contributed by atoms with van der Waals surface area (Å²) in [6, 6.07) is 8.27. The highest BCUT2D eigenvalue weighted by molar-refractivity contribution is 5.97. The number of aliphatic hydroxyl groups excluding tert-OH is 1. The number of hydrogen-bond acceptors (Lipinski definition) is 5. The third-order valence-corrected chi connectivity index (χ3v) is 4.65. The standard InChI is InChI=1S/C20H22N4O3/c1-3-16(12-25)24(11-14-6-8-21-9-7-14)19(26)15-4-5-17-18(10-15)22-13-23(2)20(17)27/h4-10,13,16,25H,3,11-12H2,1-2H3. The van der Waals surface area contributed by atoms with Gasteiger partial charge >= 0.3 is 0 Å². The molecule has 2 heterocycles. The molecule has 7 heteroatoms. The first-order valence-corrected chi connectivity index (χ1v) is 8.81. The van der Waals surface area contributed by atoms with E-state index in [1.54, 1.807) is 42.5 Å². The van der Waals surface area contributed by atoms with Gasteiger partial charge in [0, 0.05) is 31.5 Å². The number of fused-ring (bicyclic) bond motifs is 1. The van der Waals surface area contributed by atoms with Crippen molar-refractivity contribution >= 4 is 16.8 Å². The van der Waals surface area contributed by atoms with Gasteiger partial charge in [-0.25, -0.2) is 4.98 Å².